The SMILES string of the molecule is CCN(C(=O)C1CCCC1C(=O)O)C(C)CN(C)C. The number of rotatable bonds is 6. The standard InChI is InChI=1S/C14H26N2O3/c1-5-16(10(2)9-15(3)4)13(17)11-7-6-8-12(11)14(18)19/h10-12H,5-9H2,1-4H3,(H,18,19). The number of aliphatic carboxylic acids is 1. The van der Waals surface area contributed by atoms with Gasteiger partial charge < -0.3 is 14.9 Å². The second-order valence-electron chi connectivity index (χ2n) is 5.72. The summed E-state index contributed by atoms with van der Waals surface area (Å²) in [5.74, 6) is -1.64. The fourth-order valence-corrected chi connectivity index (χ4v) is 3.08. The molecular formula is C14H26N2O3. The Morgan fingerprint density at radius 3 is 2.32 bits per heavy atom. The smallest absolute Gasteiger partial charge is 0.307 e. The molecule has 0 heterocycles. The summed E-state index contributed by atoms with van der Waals surface area (Å²) in [6.07, 6.45) is 2.18. The van der Waals surface area contributed by atoms with E-state index in [1.165, 1.54) is 0 Å². The van der Waals surface area contributed by atoms with Gasteiger partial charge in [0.1, 0.15) is 0 Å². The first kappa shape index (κ1) is 16.0. The van der Waals surface area contributed by atoms with E-state index >= 15 is 0 Å². The molecule has 1 saturated carbocycles. The number of nitrogens with zero attached hydrogens (tertiary/aromatic N) is 2. The van der Waals surface area contributed by atoms with E-state index in [9.17, 15) is 14.7 Å². The molecule has 0 aromatic heterocycles. The summed E-state index contributed by atoms with van der Waals surface area (Å²) in [6.45, 7) is 5.40. The minimum Gasteiger partial charge on any atom is -0.481 e. The van der Waals surface area contributed by atoms with Crippen molar-refractivity contribution in [1.29, 1.82) is 0 Å². The fourth-order valence-electron chi connectivity index (χ4n) is 3.08. The van der Waals surface area contributed by atoms with Crippen molar-refractivity contribution in [2.45, 2.75) is 39.2 Å². The van der Waals surface area contributed by atoms with Crippen molar-refractivity contribution in [3.8, 4) is 0 Å². The third kappa shape index (κ3) is 3.93. The van der Waals surface area contributed by atoms with Gasteiger partial charge in [-0.2, -0.15) is 0 Å². The molecule has 5 nitrogen and oxygen atoms in total. The summed E-state index contributed by atoms with van der Waals surface area (Å²) in [6, 6.07) is 0.113. The molecule has 1 aliphatic carbocycles. The van der Waals surface area contributed by atoms with Crippen molar-refractivity contribution >= 4 is 11.9 Å². The zero-order valence-electron chi connectivity index (χ0n) is 12.4. The highest BCUT2D eigenvalue weighted by Gasteiger charge is 2.40. The van der Waals surface area contributed by atoms with Gasteiger partial charge in [-0.1, -0.05) is 6.42 Å². The van der Waals surface area contributed by atoms with Crippen LogP contribution in [0.1, 0.15) is 33.1 Å². The molecule has 1 rings (SSSR count). The average Bonchev–Trinajstić information content (AvgIpc) is 2.77. The highest BCUT2D eigenvalue weighted by atomic mass is 16.4. The third-order valence-electron chi connectivity index (χ3n) is 3.94. The predicted octanol–water partition coefficient (Wildman–Crippen LogP) is 1.29. The minimum absolute atomic E-state index is 0.0155. The molecule has 1 fully saturated rings. The number of carboxylic acid groups (broad SMARTS) is 1. The summed E-state index contributed by atoms with van der Waals surface area (Å²) in [4.78, 5) is 27.6. The lowest BCUT2D eigenvalue weighted by Crippen LogP contribution is -2.47. The maximum absolute atomic E-state index is 12.6. The van der Waals surface area contributed by atoms with Gasteiger partial charge in [0.15, 0.2) is 0 Å². The van der Waals surface area contributed by atoms with Crippen LogP contribution in [0.25, 0.3) is 0 Å². The van der Waals surface area contributed by atoms with Gasteiger partial charge in [-0.3, -0.25) is 9.59 Å². The second-order valence-corrected chi connectivity index (χ2v) is 5.72. The van der Waals surface area contributed by atoms with E-state index < -0.39 is 11.9 Å². The lowest BCUT2D eigenvalue weighted by molar-refractivity contribution is -0.150. The molecule has 3 unspecified atom stereocenters. The quantitative estimate of drug-likeness (QED) is 0.790. The van der Waals surface area contributed by atoms with Crippen LogP contribution >= 0.6 is 0 Å². The Morgan fingerprint density at radius 1 is 1.26 bits per heavy atom. The van der Waals surface area contributed by atoms with Gasteiger partial charge in [-0.15, -0.1) is 0 Å². The number of hydrogen-bond acceptors (Lipinski definition) is 3. The molecule has 1 N–H and O–H groups in total. The van der Waals surface area contributed by atoms with Crippen molar-refractivity contribution in [2.75, 3.05) is 27.2 Å². The first-order valence-electron chi connectivity index (χ1n) is 7.06. The second kappa shape index (κ2) is 6.89. The molecule has 110 valence electrons. The molecule has 0 spiro atoms. The molecular weight excluding hydrogens is 244 g/mol. The van der Waals surface area contributed by atoms with Crippen LogP contribution in [-0.2, 0) is 9.59 Å². The molecule has 0 saturated heterocycles. The summed E-state index contributed by atoms with van der Waals surface area (Å²) < 4.78 is 0. The first-order chi connectivity index (χ1) is 8.88. The van der Waals surface area contributed by atoms with E-state index in [2.05, 4.69) is 0 Å². The number of carbonyl (C=O) groups is 2. The van der Waals surface area contributed by atoms with E-state index in [4.69, 9.17) is 0 Å². The van der Waals surface area contributed by atoms with E-state index in [0.717, 1.165) is 13.0 Å². The molecule has 1 aliphatic rings. The molecule has 0 aliphatic heterocycles. The Kier molecular flexibility index (Phi) is 5.79. The maximum atomic E-state index is 12.6. The number of carboxylic acids is 1. The van der Waals surface area contributed by atoms with Crippen molar-refractivity contribution in [3.63, 3.8) is 0 Å². The average molecular weight is 270 g/mol. The van der Waals surface area contributed by atoms with Crippen molar-refractivity contribution < 1.29 is 14.7 Å². The normalized spacial score (nSPS) is 24.5. The zero-order valence-corrected chi connectivity index (χ0v) is 12.4. The molecule has 19 heavy (non-hydrogen) atoms. The van der Waals surface area contributed by atoms with Crippen molar-refractivity contribution in [2.24, 2.45) is 11.8 Å². The van der Waals surface area contributed by atoms with Crippen LogP contribution in [0.15, 0.2) is 0 Å². The van der Waals surface area contributed by atoms with E-state index in [-0.39, 0.29) is 17.9 Å². The lowest BCUT2D eigenvalue weighted by Gasteiger charge is -2.33. The van der Waals surface area contributed by atoms with Gasteiger partial charge >= 0.3 is 5.97 Å². The molecule has 0 aromatic carbocycles. The van der Waals surface area contributed by atoms with E-state index in [0.29, 0.717) is 19.4 Å². The lowest BCUT2D eigenvalue weighted by atomic mass is 9.94. The van der Waals surface area contributed by atoms with E-state index in [1.807, 2.05) is 37.7 Å². The van der Waals surface area contributed by atoms with Crippen LogP contribution in [-0.4, -0.2) is 60.0 Å². The van der Waals surface area contributed by atoms with Crippen molar-refractivity contribution in [1.82, 2.24) is 9.80 Å². The number of likely N-dealkylation sites (N-methyl/N-ethyl adjacent to an activating group) is 2. The van der Waals surface area contributed by atoms with Gasteiger partial charge in [-0.05, 0) is 40.8 Å². The van der Waals surface area contributed by atoms with Crippen LogP contribution in [0, 0.1) is 11.8 Å². The van der Waals surface area contributed by atoms with E-state index in [1.54, 1.807) is 0 Å². The van der Waals surface area contributed by atoms with Crippen LogP contribution in [0.3, 0.4) is 0 Å². The Balaban J connectivity index is 2.75. The molecule has 3 atom stereocenters. The van der Waals surface area contributed by atoms with Gasteiger partial charge in [0.25, 0.3) is 0 Å². The van der Waals surface area contributed by atoms with Crippen LogP contribution in [0.2, 0.25) is 0 Å². The summed E-state index contributed by atoms with van der Waals surface area (Å²) in [5.41, 5.74) is 0. The number of amides is 1. The van der Waals surface area contributed by atoms with Crippen molar-refractivity contribution in [3.05, 3.63) is 0 Å². The summed E-state index contributed by atoms with van der Waals surface area (Å²) in [5, 5.41) is 9.19. The molecule has 0 radical (unpaired) electrons. The topological polar surface area (TPSA) is 60.9 Å². The fraction of sp³-hybridized carbons (Fsp3) is 0.857. The van der Waals surface area contributed by atoms with Crippen LogP contribution < -0.4 is 0 Å². The molecule has 5 heteroatoms. The minimum atomic E-state index is -0.827. The molecule has 0 bridgehead atoms. The zero-order chi connectivity index (χ0) is 14.6. The van der Waals surface area contributed by atoms with Crippen LogP contribution in [0.4, 0.5) is 0 Å². The largest absolute Gasteiger partial charge is 0.481 e. The summed E-state index contributed by atoms with van der Waals surface area (Å²) in [7, 11) is 3.95. The number of carbonyl (C=O) groups excluding carboxylic acids is 1. The van der Waals surface area contributed by atoms with Gasteiger partial charge in [0.05, 0.1) is 11.8 Å². The Morgan fingerprint density at radius 2 is 1.84 bits per heavy atom. The Bertz CT molecular complexity index is 331. The summed E-state index contributed by atoms with van der Waals surface area (Å²) >= 11 is 0. The monoisotopic (exact) mass is 270 g/mol. The third-order valence-corrected chi connectivity index (χ3v) is 3.94. The highest BCUT2D eigenvalue weighted by molar-refractivity contribution is 5.85. The molecule has 0 aromatic rings. The first-order valence-corrected chi connectivity index (χ1v) is 7.06. The predicted molar refractivity (Wildman–Crippen MR) is 73.9 cm³/mol. The van der Waals surface area contributed by atoms with Gasteiger partial charge in [0.2, 0.25) is 5.91 Å². The van der Waals surface area contributed by atoms with Gasteiger partial charge in [0, 0.05) is 19.1 Å². The van der Waals surface area contributed by atoms with Gasteiger partial charge in [-0.25, -0.2) is 0 Å². The maximum Gasteiger partial charge on any atom is 0.307 e. The number of hydrogen-bond donors (Lipinski definition) is 1. The van der Waals surface area contributed by atoms with Crippen LogP contribution in [0.5, 0.6) is 0 Å². The molecule has 1 amide bonds. The Hall–Kier alpha value is -1.10. The highest BCUT2D eigenvalue weighted by Crippen LogP contribution is 2.33. The Labute approximate surface area is 115 Å².